The molecule has 10 heteroatoms. The number of sulfonamides is 1. The third kappa shape index (κ3) is 7.53. The maximum Gasteiger partial charge on any atom is 0.261 e. The Morgan fingerprint density at radius 2 is 1.65 bits per heavy atom. The molecule has 1 amide bonds. The van der Waals surface area contributed by atoms with Crippen LogP contribution in [0.25, 0.3) is 0 Å². The number of benzene rings is 4. The van der Waals surface area contributed by atoms with Crippen LogP contribution in [0.4, 0.5) is 10.1 Å². The lowest BCUT2D eigenvalue weighted by Gasteiger charge is -2.24. The summed E-state index contributed by atoms with van der Waals surface area (Å²) >= 11 is 12.4. The highest BCUT2D eigenvalue weighted by molar-refractivity contribution is 7.92. The molecule has 0 radical (unpaired) electrons. The highest BCUT2D eigenvalue weighted by Crippen LogP contribution is 2.30. The Labute approximate surface area is 243 Å². The summed E-state index contributed by atoms with van der Waals surface area (Å²) in [7, 11) is -4.07. The molecule has 40 heavy (non-hydrogen) atoms. The van der Waals surface area contributed by atoms with Gasteiger partial charge in [0.15, 0.2) is 0 Å². The molecule has 208 valence electrons. The van der Waals surface area contributed by atoms with E-state index in [0.717, 1.165) is 18.4 Å². The van der Waals surface area contributed by atoms with E-state index in [0.29, 0.717) is 23.1 Å². The van der Waals surface area contributed by atoms with Crippen LogP contribution in [0.15, 0.2) is 95.9 Å². The standard InChI is InChI=1S/C30H27Cl2FN2O4S/c1-2-3-18-35(20-21-8-11-23(33)12-9-21)30(36)26-19-22(31)10-17-28(26)34-40(37,38)25-15-13-24(14-16-25)39-29-7-5-4-6-27(29)32/h4-17,19,34H,2-3,18,20H2,1H3. The van der Waals surface area contributed by atoms with Crippen molar-refractivity contribution in [3.63, 3.8) is 0 Å². The monoisotopic (exact) mass is 600 g/mol. The molecular formula is C30H27Cl2FN2O4S. The third-order valence-electron chi connectivity index (χ3n) is 6.01. The van der Waals surface area contributed by atoms with Gasteiger partial charge in [-0.2, -0.15) is 0 Å². The van der Waals surface area contributed by atoms with Crippen molar-refractivity contribution in [2.45, 2.75) is 31.2 Å². The Morgan fingerprint density at radius 1 is 0.950 bits per heavy atom. The minimum Gasteiger partial charge on any atom is -0.456 e. The van der Waals surface area contributed by atoms with E-state index >= 15 is 0 Å². The number of carbonyl (C=O) groups excluding carboxylic acids is 1. The van der Waals surface area contributed by atoms with Gasteiger partial charge >= 0.3 is 0 Å². The highest BCUT2D eigenvalue weighted by Gasteiger charge is 2.23. The number of nitrogens with zero attached hydrogens (tertiary/aromatic N) is 1. The van der Waals surface area contributed by atoms with Crippen molar-refractivity contribution in [1.29, 1.82) is 0 Å². The highest BCUT2D eigenvalue weighted by atomic mass is 35.5. The largest absolute Gasteiger partial charge is 0.456 e. The predicted molar refractivity (Wildman–Crippen MR) is 156 cm³/mol. The second kappa shape index (κ2) is 13.2. The van der Waals surface area contributed by atoms with Gasteiger partial charge in [0.1, 0.15) is 17.3 Å². The van der Waals surface area contributed by atoms with Gasteiger partial charge in [-0.3, -0.25) is 9.52 Å². The molecular weight excluding hydrogens is 574 g/mol. The van der Waals surface area contributed by atoms with E-state index in [4.69, 9.17) is 27.9 Å². The fourth-order valence-electron chi connectivity index (χ4n) is 3.91. The Hall–Kier alpha value is -3.59. The summed E-state index contributed by atoms with van der Waals surface area (Å²) in [6.07, 6.45) is 1.58. The topological polar surface area (TPSA) is 75.7 Å². The van der Waals surface area contributed by atoms with Crippen molar-refractivity contribution >= 4 is 44.8 Å². The Balaban J connectivity index is 1.57. The van der Waals surface area contributed by atoms with Crippen LogP contribution in [0.1, 0.15) is 35.7 Å². The lowest BCUT2D eigenvalue weighted by Crippen LogP contribution is -2.32. The molecule has 0 heterocycles. The zero-order valence-corrected chi connectivity index (χ0v) is 23.9. The Morgan fingerprint density at radius 3 is 2.33 bits per heavy atom. The molecule has 0 aliphatic rings. The first-order valence-electron chi connectivity index (χ1n) is 12.5. The Bertz CT molecular complexity index is 1580. The molecule has 1 N–H and O–H groups in total. The molecule has 0 spiro atoms. The minimum absolute atomic E-state index is 0.0264. The van der Waals surface area contributed by atoms with Crippen LogP contribution < -0.4 is 9.46 Å². The van der Waals surface area contributed by atoms with Crippen LogP contribution in [0.3, 0.4) is 0 Å². The van der Waals surface area contributed by atoms with Crippen LogP contribution in [-0.2, 0) is 16.6 Å². The second-order valence-electron chi connectivity index (χ2n) is 9.01. The molecule has 4 aromatic carbocycles. The summed E-state index contributed by atoms with van der Waals surface area (Å²) in [5, 5.41) is 0.706. The van der Waals surface area contributed by atoms with Crippen molar-refractivity contribution in [3.05, 3.63) is 118 Å². The summed E-state index contributed by atoms with van der Waals surface area (Å²) in [5.74, 6) is 0.0730. The number of hydrogen-bond donors (Lipinski definition) is 1. The van der Waals surface area contributed by atoms with Gasteiger partial charge in [0.2, 0.25) is 0 Å². The number of unbranched alkanes of at least 4 members (excludes halogenated alkanes) is 1. The van der Waals surface area contributed by atoms with Gasteiger partial charge in [0.25, 0.3) is 15.9 Å². The molecule has 4 aromatic rings. The summed E-state index contributed by atoms with van der Waals surface area (Å²) in [4.78, 5) is 15.3. The maximum absolute atomic E-state index is 13.7. The number of para-hydroxylation sites is 1. The SMILES string of the molecule is CCCCN(Cc1ccc(F)cc1)C(=O)c1cc(Cl)ccc1NS(=O)(=O)c1ccc(Oc2ccccc2Cl)cc1. The lowest BCUT2D eigenvalue weighted by molar-refractivity contribution is 0.0742. The Kier molecular flexibility index (Phi) is 9.68. The molecule has 0 unspecified atom stereocenters. The summed E-state index contributed by atoms with van der Waals surface area (Å²) in [5.41, 5.74) is 0.938. The quantitative estimate of drug-likeness (QED) is 0.188. The molecule has 6 nitrogen and oxygen atoms in total. The van der Waals surface area contributed by atoms with Gasteiger partial charge in [0.05, 0.1) is 21.2 Å². The number of anilines is 1. The van der Waals surface area contributed by atoms with Gasteiger partial charge in [-0.1, -0.05) is 60.8 Å². The lowest BCUT2D eigenvalue weighted by atomic mass is 10.1. The summed E-state index contributed by atoms with van der Waals surface area (Å²) in [6.45, 7) is 2.66. The van der Waals surface area contributed by atoms with Crippen molar-refractivity contribution < 1.29 is 22.3 Å². The number of amides is 1. The van der Waals surface area contributed by atoms with Gasteiger partial charge in [-0.25, -0.2) is 12.8 Å². The van der Waals surface area contributed by atoms with Crippen molar-refractivity contribution in [2.75, 3.05) is 11.3 Å². The average Bonchev–Trinajstić information content (AvgIpc) is 2.94. The number of halogens is 3. The van der Waals surface area contributed by atoms with Gasteiger partial charge in [-0.15, -0.1) is 0 Å². The van der Waals surface area contributed by atoms with Crippen LogP contribution >= 0.6 is 23.2 Å². The van der Waals surface area contributed by atoms with Crippen LogP contribution in [-0.4, -0.2) is 25.8 Å². The molecule has 0 bridgehead atoms. The van der Waals surface area contributed by atoms with E-state index in [1.165, 1.54) is 54.6 Å². The van der Waals surface area contributed by atoms with Crippen LogP contribution in [0.5, 0.6) is 11.5 Å². The molecule has 0 aliphatic heterocycles. The smallest absolute Gasteiger partial charge is 0.261 e. The number of ether oxygens (including phenoxy) is 1. The molecule has 0 aliphatic carbocycles. The maximum atomic E-state index is 13.7. The first-order chi connectivity index (χ1) is 19.2. The first kappa shape index (κ1) is 29.4. The first-order valence-corrected chi connectivity index (χ1v) is 14.8. The van der Waals surface area contributed by atoms with Crippen LogP contribution in [0.2, 0.25) is 10.0 Å². The summed E-state index contributed by atoms with van der Waals surface area (Å²) in [6, 6.07) is 23.1. The zero-order chi connectivity index (χ0) is 28.7. The van der Waals surface area contributed by atoms with E-state index in [1.54, 1.807) is 41.3 Å². The van der Waals surface area contributed by atoms with Gasteiger partial charge in [-0.05, 0) is 78.7 Å². The molecule has 0 fully saturated rings. The molecule has 0 aromatic heterocycles. The van der Waals surface area contributed by atoms with Gasteiger partial charge in [0, 0.05) is 18.1 Å². The normalized spacial score (nSPS) is 11.2. The van der Waals surface area contributed by atoms with Crippen molar-refractivity contribution in [1.82, 2.24) is 4.90 Å². The fourth-order valence-corrected chi connectivity index (χ4v) is 5.34. The number of hydrogen-bond acceptors (Lipinski definition) is 4. The molecule has 0 saturated heterocycles. The molecule has 0 atom stereocenters. The predicted octanol–water partition coefficient (Wildman–Crippen LogP) is 8.17. The third-order valence-corrected chi connectivity index (χ3v) is 7.94. The van der Waals surface area contributed by atoms with Crippen LogP contribution in [0, 0.1) is 5.82 Å². The minimum atomic E-state index is -4.07. The number of nitrogens with one attached hydrogen (secondary N) is 1. The van der Waals surface area contributed by atoms with E-state index < -0.39 is 15.9 Å². The molecule has 0 saturated carbocycles. The zero-order valence-electron chi connectivity index (χ0n) is 21.6. The van der Waals surface area contributed by atoms with E-state index in [2.05, 4.69) is 4.72 Å². The summed E-state index contributed by atoms with van der Waals surface area (Å²) < 4.78 is 48.2. The average molecular weight is 602 g/mol. The number of carbonyl (C=O) groups is 1. The van der Waals surface area contributed by atoms with Gasteiger partial charge < -0.3 is 9.64 Å². The molecule has 4 rings (SSSR count). The van der Waals surface area contributed by atoms with E-state index in [-0.39, 0.29) is 33.5 Å². The van der Waals surface area contributed by atoms with Crippen molar-refractivity contribution in [2.24, 2.45) is 0 Å². The van der Waals surface area contributed by atoms with E-state index in [9.17, 15) is 17.6 Å². The van der Waals surface area contributed by atoms with Crippen molar-refractivity contribution in [3.8, 4) is 11.5 Å². The fraction of sp³-hybridized carbons (Fsp3) is 0.167. The number of rotatable bonds is 11. The van der Waals surface area contributed by atoms with E-state index in [1.807, 2.05) is 6.92 Å². The second-order valence-corrected chi connectivity index (χ2v) is 11.5.